The first-order chi connectivity index (χ1) is 9.19. The van der Waals surface area contributed by atoms with Crippen LogP contribution in [0.15, 0.2) is 12.3 Å². The molecule has 1 aliphatic rings. The quantitative estimate of drug-likeness (QED) is 0.911. The van der Waals surface area contributed by atoms with Crippen LogP contribution in [0.25, 0.3) is 11.4 Å². The summed E-state index contributed by atoms with van der Waals surface area (Å²) in [7, 11) is 2.01. The molecule has 1 unspecified atom stereocenters. The Hall–Kier alpha value is -1.26. The summed E-state index contributed by atoms with van der Waals surface area (Å²) in [6, 6.07) is 2.61. The lowest BCUT2D eigenvalue weighted by Gasteiger charge is -2.24. The zero-order valence-corrected chi connectivity index (χ0v) is 12.5. The second kappa shape index (κ2) is 5.02. The summed E-state index contributed by atoms with van der Waals surface area (Å²) in [4.78, 5) is 12.0. The van der Waals surface area contributed by atoms with Crippen LogP contribution in [0.4, 0.5) is 0 Å². The summed E-state index contributed by atoms with van der Waals surface area (Å²) in [5.74, 6) is 0.886. The van der Waals surface area contributed by atoms with Gasteiger partial charge >= 0.3 is 0 Å². The highest BCUT2D eigenvalue weighted by Gasteiger charge is 2.21. The van der Waals surface area contributed by atoms with Gasteiger partial charge in [0.2, 0.25) is 0 Å². The molecule has 19 heavy (non-hydrogen) atoms. The van der Waals surface area contributed by atoms with Crippen molar-refractivity contribution in [3.63, 3.8) is 0 Å². The van der Waals surface area contributed by atoms with Crippen molar-refractivity contribution < 1.29 is 0 Å². The van der Waals surface area contributed by atoms with Crippen molar-refractivity contribution in [1.29, 1.82) is 0 Å². The van der Waals surface area contributed by atoms with Gasteiger partial charge in [-0.1, -0.05) is 0 Å². The highest BCUT2D eigenvalue weighted by molar-refractivity contribution is 7.12. The van der Waals surface area contributed by atoms with Crippen molar-refractivity contribution in [1.82, 2.24) is 15.3 Å². The van der Waals surface area contributed by atoms with Crippen molar-refractivity contribution in [2.45, 2.75) is 39.2 Å². The minimum absolute atomic E-state index is 0.420. The second-order valence-electron chi connectivity index (χ2n) is 5.16. The van der Waals surface area contributed by atoms with Gasteiger partial charge in [-0.2, -0.15) is 0 Å². The van der Waals surface area contributed by atoms with E-state index in [1.165, 1.54) is 39.4 Å². The van der Waals surface area contributed by atoms with Crippen molar-refractivity contribution in [3.8, 4) is 11.4 Å². The monoisotopic (exact) mass is 273 g/mol. The average molecular weight is 273 g/mol. The average Bonchev–Trinajstić information content (AvgIpc) is 2.76. The number of nitrogens with one attached hydrogen (secondary N) is 1. The fourth-order valence-corrected chi connectivity index (χ4v) is 3.75. The second-order valence-corrected chi connectivity index (χ2v) is 6.62. The van der Waals surface area contributed by atoms with Gasteiger partial charge in [0.1, 0.15) is 0 Å². The van der Waals surface area contributed by atoms with Gasteiger partial charge in [-0.25, -0.2) is 9.97 Å². The van der Waals surface area contributed by atoms with Gasteiger partial charge in [-0.15, -0.1) is 11.3 Å². The van der Waals surface area contributed by atoms with E-state index in [0.29, 0.717) is 6.04 Å². The van der Waals surface area contributed by atoms with Gasteiger partial charge in [-0.3, -0.25) is 0 Å². The summed E-state index contributed by atoms with van der Waals surface area (Å²) in [6.07, 6.45) is 5.48. The first kappa shape index (κ1) is 12.8. The molecule has 0 amide bonds. The van der Waals surface area contributed by atoms with Gasteiger partial charge in [0.25, 0.3) is 0 Å². The number of aryl methyl sites for hydroxylation is 3. The molecule has 4 heteroatoms. The molecule has 1 aliphatic carbocycles. The molecular formula is C15H19N3S. The Balaban J connectivity index is 2.04. The molecule has 1 atom stereocenters. The Morgan fingerprint density at radius 2 is 2.21 bits per heavy atom. The zero-order valence-electron chi connectivity index (χ0n) is 11.7. The number of hydrogen-bond donors (Lipinski definition) is 1. The molecule has 0 aromatic carbocycles. The van der Waals surface area contributed by atoms with Crippen LogP contribution in [-0.2, 0) is 6.42 Å². The van der Waals surface area contributed by atoms with Gasteiger partial charge in [-0.05, 0) is 46.2 Å². The highest BCUT2D eigenvalue weighted by atomic mass is 32.1. The Labute approximate surface area is 118 Å². The summed E-state index contributed by atoms with van der Waals surface area (Å²) < 4.78 is 0. The highest BCUT2D eigenvalue weighted by Crippen LogP contribution is 2.32. The maximum atomic E-state index is 4.81. The van der Waals surface area contributed by atoms with Crippen molar-refractivity contribution in [2.75, 3.05) is 7.05 Å². The van der Waals surface area contributed by atoms with E-state index in [-0.39, 0.29) is 0 Å². The van der Waals surface area contributed by atoms with Crippen LogP contribution in [0.1, 0.15) is 39.9 Å². The van der Waals surface area contributed by atoms with Gasteiger partial charge in [0, 0.05) is 38.8 Å². The molecule has 0 saturated heterocycles. The molecule has 0 bridgehead atoms. The SMILES string of the molecule is CNC1CCCc2nc(-c3cc(C)sc3C)ncc21. The number of fused-ring (bicyclic) bond motifs is 1. The largest absolute Gasteiger partial charge is 0.313 e. The molecule has 100 valence electrons. The Morgan fingerprint density at radius 3 is 2.89 bits per heavy atom. The van der Waals surface area contributed by atoms with E-state index in [1.54, 1.807) is 0 Å². The van der Waals surface area contributed by atoms with Crippen molar-refractivity contribution >= 4 is 11.3 Å². The van der Waals surface area contributed by atoms with Gasteiger partial charge < -0.3 is 5.32 Å². The minimum atomic E-state index is 0.420. The molecule has 0 radical (unpaired) electrons. The summed E-state index contributed by atoms with van der Waals surface area (Å²) in [5, 5.41) is 3.36. The van der Waals surface area contributed by atoms with Gasteiger partial charge in [0.15, 0.2) is 5.82 Å². The first-order valence-electron chi connectivity index (χ1n) is 6.79. The van der Waals surface area contributed by atoms with Crippen LogP contribution in [0.3, 0.4) is 0 Å². The van der Waals surface area contributed by atoms with Crippen LogP contribution in [-0.4, -0.2) is 17.0 Å². The van der Waals surface area contributed by atoms with Crippen LogP contribution >= 0.6 is 11.3 Å². The molecule has 2 heterocycles. The van der Waals surface area contributed by atoms with E-state index in [2.05, 4.69) is 30.2 Å². The molecule has 3 nitrogen and oxygen atoms in total. The van der Waals surface area contributed by atoms with E-state index in [4.69, 9.17) is 4.98 Å². The van der Waals surface area contributed by atoms with E-state index >= 15 is 0 Å². The van der Waals surface area contributed by atoms with Crippen LogP contribution in [0, 0.1) is 13.8 Å². The Morgan fingerprint density at radius 1 is 1.37 bits per heavy atom. The normalized spacial score (nSPS) is 18.4. The molecule has 1 N–H and O–H groups in total. The standard InChI is InChI=1S/C15H19N3S/c1-9-7-11(10(2)19-9)15-17-8-12-13(16-3)5-4-6-14(12)18-15/h7-8,13,16H,4-6H2,1-3H3. The lowest BCUT2D eigenvalue weighted by atomic mass is 9.92. The molecule has 3 rings (SSSR count). The number of rotatable bonds is 2. The van der Waals surface area contributed by atoms with Crippen LogP contribution in [0.5, 0.6) is 0 Å². The number of hydrogen-bond acceptors (Lipinski definition) is 4. The number of thiophene rings is 1. The predicted octanol–water partition coefficient (Wildman–Crippen LogP) is 3.42. The van der Waals surface area contributed by atoms with E-state index in [9.17, 15) is 0 Å². The lowest BCUT2D eigenvalue weighted by Crippen LogP contribution is -2.22. The molecule has 0 spiro atoms. The molecular weight excluding hydrogens is 254 g/mol. The summed E-state index contributed by atoms with van der Waals surface area (Å²) in [6.45, 7) is 4.28. The molecule has 2 aromatic rings. The maximum Gasteiger partial charge on any atom is 0.160 e. The number of nitrogens with zero attached hydrogens (tertiary/aromatic N) is 2. The Kier molecular flexibility index (Phi) is 3.37. The maximum absolute atomic E-state index is 4.81. The molecule has 0 aliphatic heterocycles. The summed E-state index contributed by atoms with van der Waals surface area (Å²) >= 11 is 1.81. The minimum Gasteiger partial charge on any atom is -0.313 e. The Bertz CT molecular complexity index is 603. The third-order valence-electron chi connectivity index (χ3n) is 3.81. The first-order valence-corrected chi connectivity index (χ1v) is 7.61. The van der Waals surface area contributed by atoms with Crippen LogP contribution in [0.2, 0.25) is 0 Å². The third-order valence-corrected chi connectivity index (χ3v) is 4.78. The zero-order chi connectivity index (χ0) is 13.4. The van der Waals surface area contributed by atoms with Crippen molar-refractivity contribution in [3.05, 3.63) is 33.3 Å². The lowest BCUT2D eigenvalue weighted by molar-refractivity contribution is 0.488. The third kappa shape index (κ3) is 2.30. The van der Waals surface area contributed by atoms with Crippen molar-refractivity contribution in [2.24, 2.45) is 0 Å². The summed E-state index contributed by atoms with van der Waals surface area (Å²) in [5.41, 5.74) is 3.69. The molecule has 0 fully saturated rings. The van der Waals surface area contributed by atoms with Gasteiger partial charge in [0.05, 0.1) is 0 Å². The van der Waals surface area contributed by atoms with E-state index in [0.717, 1.165) is 12.2 Å². The smallest absolute Gasteiger partial charge is 0.160 e. The predicted molar refractivity (Wildman–Crippen MR) is 79.6 cm³/mol. The fourth-order valence-electron chi connectivity index (χ4n) is 2.83. The topological polar surface area (TPSA) is 37.8 Å². The van der Waals surface area contributed by atoms with E-state index < -0.39 is 0 Å². The van der Waals surface area contributed by atoms with E-state index in [1.807, 2.05) is 24.6 Å². The molecule has 2 aromatic heterocycles. The fraction of sp³-hybridized carbons (Fsp3) is 0.467. The number of aromatic nitrogens is 2. The van der Waals surface area contributed by atoms with Crippen LogP contribution < -0.4 is 5.32 Å². The molecule has 0 saturated carbocycles.